The highest BCUT2D eigenvalue weighted by Crippen LogP contribution is 2.66. The molecular weight excluding hydrogens is 620 g/mol. The molecule has 0 aromatic carbocycles. The highest BCUT2D eigenvalue weighted by atomic mass is 17.1. The Bertz CT molecular complexity index is 1360. The number of carbonyl (C=O) groups excluding carboxylic acids is 1. The van der Waals surface area contributed by atoms with Crippen LogP contribution in [0.4, 0.5) is 0 Å². The van der Waals surface area contributed by atoms with Gasteiger partial charge in [-0.05, 0) is 136 Å². The maximum Gasteiger partial charge on any atom is 0.312 e. The molecule has 0 aromatic rings. The van der Waals surface area contributed by atoms with Crippen LogP contribution in [0.5, 0.6) is 0 Å². The Morgan fingerprint density at radius 3 is 2.14 bits per heavy atom. The van der Waals surface area contributed by atoms with Crippen molar-refractivity contribution in [2.75, 3.05) is 6.61 Å². The van der Waals surface area contributed by atoms with Crippen molar-refractivity contribution in [1.82, 2.24) is 0 Å². The van der Waals surface area contributed by atoms with Crippen LogP contribution in [0, 0.1) is 56.2 Å². The number of rotatable bonds is 11. The molecule has 12 atom stereocenters. The summed E-state index contributed by atoms with van der Waals surface area (Å²) < 4.78 is 6.07. The number of aliphatic hydroxyl groups excluding tert-OH is 1. The number of aliphatic hydroxyl groups is 1. The number of hydrogen-bond donors (Lipinski definition) is 2. The quantitative estimate of drug-likeness (QED) is 0.0977. The lowest BCUT2D eigenvalue weighted by Crippen LogP contribution is -2.55. The van der Waals surface area contributed by atoms with Crippen LogP contribution >= 0.6 is 0 Å². The van der Waals surface area contributed by atoms with E-state index in [1.807, 2.05) is 0 Å². The van der Waals surface area contributed by atoms with Gasteiger partial charge in [0, 0.05) is 18.3 Å². The summed E-state index contributed by atoms with van der Waals surface area (Å²) in [5.41, 5.74) is 3.08. The van der Waals surface area contributed by atoms with Crippen LogP contribution < -0.4 is 0 Å². The van der Waals surface area contributed by atoms with Gasteiger partial charge in [0.15, 0.2) is 0 Å². The molecule has 6 rings (SSSR count). The molecule has 6 aliphatic rings. The second-order valence-corrected chi connectivity index (χ2v) is 19.5. The molecule has 0 heterocycles. The maximum atomic E-state index is 14.0. The van der Waals surface area contributed by atoms with Gasteiger partial charge in [0.2, 0.25) is 0 Å². The highest BCUT2D eigenvalue weighted by molar-refractivity contribution is 5.77. The van der Waals surface area contributed by atoms with E-state index < -0.39 is 17.6 Å². The summed E-state index contributed by atoms with van der Waals surface area (Å²) in [6.45, 7) is 22.6. The van der Waals surface area contributed by atoms with Crippen molar-refractivity contribution in [3.05, 3.63) is 48.6 Å². The Hall–Kier alpha value is -1.69. The third-order valence-corrected chi connectivity index (χ3v) is 16.9. The molecule has 0 aromatic heterocycles. The van der Waals surface area contributed by atoms with Gasteiger partial charge in [-0.15, -0.1) is 13.2 Å². The summed E-state index contributed by atoms with van der Waals surface area (Å²) in [5.74, 6) is 1.63. The second kappa shape index (κ2) is 13.9. The molecule has 280 valence electrons. The lowest BCUT2D eigenvalue weighted by Gasteiger charge is -2.61. The predicted octanol–water partition coefficient (Wildman–Crippen LogP) is 11.2. The van der Waals surface area contributed by atoms with Gasteiger partial charge in [-0.1, -0.05) is 82.9 Å². The maximum absolute atomic E-state index is 14.0. The molecule has 4 fully saturated rings. The molecule has 0 amide bonds. The monoisotopic (exact) mass is 691 g/mol. The average Bonchev–Trinajstić information content (AvgIpc) is 3.09. The fraction of sp³-hybridized carbons (Fsp3) is 0.800. The van der Waals surface area contributed by atoms with Crippen LogP contribution in [0.3, 0.4) is 0 Å². The van der Waals surface area contributed by atoms with E-state index in [1.54, 1.807) is 11.1 Å². The lowest BCUT2D eigenvalue weighted by atomic mass is 9.44. The average molecular weight is 691 g/mol. The van der Waals surface area contributed by atoms with Gasteiger partial charge in [0.25, 0.3) is 0 Å². The van der Waals surface area contributed by atoms with Crippen LogP contribution in [-0.4, -0.2) is 35.1 Å². The number of allylic oxidation sites excluding steroid dienone is 6. The van der Waals surface area contributed by atoms with Crippen LogP contribution in [0.15, 0.2) is 48.6 Å². The third-order valence-electron chi connectivity index (χ3n) is 16.9. The largest absolute Gasteiger partial charge is 0.465 e. The van der Waals surface area contributed by atoms with Crippen molar-refractivity contribution in [1.29, 1.82) is 0 Å². The zero-order valence-corrected chi connectivity index (χ0v) is 32.5. The molecule has 0 radical (unpaired) electrons. The summed E-state index contributed by atoms with van der Waals surface area (Å²) in [5, 5.41) is 21.7. The van der Waals surface area contributed by atoms with E-state index >= 15 is 0 Å². The molecule has 5 heteroatoms. The fourth-order valence-corrected chi connectivity index (χ4v) is 13.5. The molecule has 0 saturated heterocycles. The molecule has 0 bridgehead atoms. The van der Waals surface area contributed by atoms with Crippen molar-refractivity contribution in [2.45, 2.75) is 163 Å². The summed E-state index contributed by atoms with van der Waals surface area (Å²) in [4.78, 5) is 19.3. The first kappa shape index (κ1) is 38.0. The van der Waals surface area contributed by atoms with Crippen molar-refractivity contribution in [3.63, 3.8) is 0 Å². The van der Waals surface area contributed by atoms with E-state index in [1.165, 1.54) is 32.1 Å². The van der Waals surface area contributed by atoms with E-state index in [-0.39, 0.29) is 45.6 Å². The zero-order valence-electron chi connectivity index (χ0n) is 32.5. The molecule has 12 unspecified atom stereocenters. The minimum atomic E-state index is -0.724. The number of fused-ring (bicyclic) bond motifs is 6. The van der Waals surface area contributed by atoms with Gasteiger partial charge in [0.05, 0.1) is 18.1 Å². The Morgan fingerprint density at radius 1 is 0.880 bits per heavy atom. The third kappa shape index (κ3) is 6.25. The zero-order chi connectivity index (χ0) is 36.2. The topological polar surface area (TPSA) is 76.0 Å². The van der Waals surface area contributed by atoms with Gasteiger partial charge >= 0.3 is 5.97 Å². The smallest absolute Gasteiger partial charge is 0.312 e. The minimum Gasteiger partial charge on any atom is -0.465 e. The van der Waals surface area contributed by atoms with Crippen LogP contribution in [0.2, 0.25) is 0 Å². The highest BCUT2D eigenvalue weighted by Gasteiger charge is 2.60. The molecule has 0 spiro atoms. The van der Waals surface area contributed by atoms with Crippen LogP contribution in [0.1, 0.15) is 151 Å². The van der Waals surface area contributed by atoms with Crippen molar-refractivity contribution in [2.24, 2.45) is 56.2 Å². The van der Waals surface area contributed by atoms with E-state index in [2.05, 4.69) is 79.0 Å². The second-order valence-electron chi connectivity index (χ2n) is 19.5. The number of hydrogen-bond acceptors (Lipinski definition) is 5. The molecule has 2 N–H and O–H groups in total. The van der Waals surface area contributed by atoms with Crippen molar-refractivity contribution in [3.8, 4) is 0 Å². The van der Waals surface area contributed by atoms with Crippen LogP contribution in [-0.2, 0) is 14.4 Å². The normalized spacial score (nSPS) is 45.3. The molecule has 4 saturated carbocycles. The molecular formula is C45H70O5. The SMILES string of the molecule is C=CC1(C)CCC2C(=CCC3C(C)(C(=O)OCCC(O)CC(OO)C4(C)CCCC5(C)C6CCC(C=C)(CC)CC6=CCC45)CCCC23C)C1. The van der Waals surface area contributed by atoms with Gasteiger partial charge in [-0.3, -0.25) is 10.1 Å². The first-order valence-corrected chi connectivity index (χ1v) is 20.5. The first-order chi connectivity index (χ1) is 23.7. The minimum absolute atomic E-state index is 0.102. The van der Waals surface area contributed by atoms with E-state index in [0.717, 1.165) is 64.2 Å². The van der Waals surface area contributed by atoms with Gasteiger partial charge in [-0.2, -0.15) is 0 Å². The van der Waals surface area contributed by atoms with Crippen LogP contribution in [0.25, 0.3) is 0 Å². The lowest BCUT2D eigenvalue weighted by molar-refractivity contribution is -0.322. The van der Waals surface area contributed by atoms with E-state index in [0.29, 0.717) is 30.6 Å². The molecule has 5 nitrogen and oxygen atoms in total. The van der Waals surface area contributed by atoms with Crippen molar-refractivity contribution >= 4 is 5.97 Å². The van der Waals surface area contributed by atoms with Crippen molar-refractivity contribution < 1.29 is 24.8 Å². The number of ether oxygens (including phenoxy) is 1. The van der Waals surface area contributed by atoms with E-state index in [4.69, 9.17) is 9.62 Å². The van der Waals surface area contributed by atoms with Gasteiger partial charge in [-0.25, -0.2) is 4.89 Å². The standard InChI is InChI=1S/C45H70O5/c1-9-40(4)25-18-34-31(29-40)14-17-37-42(34,6)22-13-24-44(37,8)39(47)49-27-20-33(46)28-38(50-48)43(7)23-12-21-41(5)35-19-26-45(10-2,11-3)30-32(35)15-16-36(41)43/h9-10,14-15,33-38,46,48H,1-2,11-13,16-30H2,3-8H3. The molecule has 0 aliphatic heterocycles. The fourth-order valence-electron chi connectivity index (χ4n) is 13.5. The number of carbonyl (C=O) groups is 1. The van der Waals surface area contributed by atoms with Gasteiger partial charge in [0.1, 0.15) is 6.10 Å². The summed E-state index contributed by atoms with van der Waals surface area (Å²) in [6.07, 6.45) is 25.2. The Balaban J connectivity index is 1.08. The molecule has 50 heavy (non-hydrogen) atoms. The Morgan fingerprint density at radius 2 is 1.50 bits per heavy atom. The van der Waals surface area contributed by atoms with E-state index in [9.17, 15) is 15.2 Å². The predicted molar refractivity (Wildman–Crippen MR) is 202 cm³/mol. The number of esters is 1. The summed E-state index contributed by atoms with van der Waals surface area (Å²) in [7, 11) is 0. The van der Waals surface area contributed by atoms with Gasteiger partial charge < -0.3 is 9.84 Å². The molecule has 6 aliphatic carbocycles. The summed E-state index contributed by atoms with van der Waals surface area (Å²) >= 11 is 0. The summed E-state index contributed by atoms with van der Waals surface area (Å²) in [6, 6.07) is 0. The first-order valence-electron chi connectivity index (χ1n) is 20.5. The Kier molecular flexibility index (Phi) is 10.6. The Labute approximate surface area is 304 Å².